The highest BCUT2D eigenvalue weighted by Crippen LogP contribution is 2.41. The average Bonchev–Trinajstić information content (AvgIpc) is 2.85. The van der Waals surface area contributed by atoms with E-state index in [1.54, 1.807) is 24.3 Å². The Kier molecular flexibility index (Phi) is 11.6. The number of esters is 1. The fourth-order valence-corrected chi connectivity index (χ4v) is 5.08. The van der Waals surface area contributed by atoms with Crippen molar-refractivity contribution in [3.63, 3.8) is 0 Å². The monoisotopic (exact) mass is 571 g/mol. The summed E-state index contributed by atoms with van der Waals surface area (Å²) in [4.78, 5) is 28.8. The zero-order valence-corrected chi connectivity index (χ0v) is 26.7. The van der Waals surface area contributed by atoms with Crippen LogP contribution in [0.25, 0.3) is 17.2 Å². The first kappa shape index (κ1) is 33.5. The summed E-state index contributed by atoms with van der Waals surface area (Å²) in [5, 5.41) is 10.7. The molecular weight excluding hydrogens is 525 g/mol. The van der Waals surface area contributed by atoms with Crippen LogP contribution < -0.4 is 0 Å². The number of ether oxygens (including phenoxy) is 1. The summed E-state index contributed by atoms with van der Waals surface area (Å²) < 4.78 is 25.3. The average molecular weight is 572 g/mol. The maximum Gasteiger partial charge on any atom is 0.313 e. The standard InChI is InChI=1S/C32H46FNO5Si/c1-20(2)30-26(16-15-24(35)17-25(36)18-28(37)38-8)29(22-11-13-23(33)14-12-22)27(31(34-30)21(3)4)19-39-40(9,10)32(5,6)7/h11-16,20-21,24,35H,17-19H2,1-10H3/b16-15+. The molecule has 0 radical (unpaired) electrons. The summed E-state index contributed by atoms with van der Waals surface area (Å²) in [6.07, 6.45) is 1.64. The third-order valence-electron chi connectivity index (χ3n) is 7.50. The number of carbonyl (C=O) groups is 2. The molecule has 8 heteroatoms. The van der Waals surface area contributed by atoms with Gasteiger partial charge in [0.15, 0.2) is 8.32 Å². The van der Waals surface area contributed by atoms with Crippen LogP contribution >= 0.6 is 0 Å². The third-order valence-corrected chi connectivity index (χ3v) is 12.0. The summed E-state index contributed by atoms with van der Waals surface area (Å²) >= 11 is 0. The highest BCUT2D eigenvalue weighted by Gasteiger charge is 2.37. The molecule has 0 aliphatic rings. The molecule has 40 heavy (non-hydrogen) atoms. The number of rotatable bonds is 12. The molecule has 0 saturated heterocycles. The van der Waals surface area contributed by atoms with Gasteiger partial charge in [-0.2, -0.15) is 0 Å². The van der Waals surface area contributed by atoms with Crippen molar-refractivity contribution >= 4 is 26.1 Å². The lowest BCUT2D eigenvalue weighted by Gasteiger charge is -2.37. The van der Waals surface area contributed by atoms with Gasteiger partial charge in [-0.1, -0.05) is 72.8 Å². The SMILES string of the molecule is COC(=O)CC(=O)CC(O)/C=C/c1c(C(C)C)nc(C(C)C)c(CO[Si](C)(C)C(C)(C)C)c1-c1ccc(F)cc1. The molecule has 1 heterocycles. The van der Waals surface area contributed by atoms with E-state index in [2.05, 4.69) is 66.3 Å². The largest absolute Gasteiger partial charge is 0.469 e. The molecule has 0 aliphatic heterocycles. The zero-order chi connectivity index (χ0) is 30.4. The second-order valence-corrected chi connectivity index (χ2v) is 17.2. The molecule has 0 aliphatic carbocycles. The Morgan fingerprint density at radius 2 is 1.62 bits per heavy atom. The number of aromatic nitrogens is 1. The van der Waals surface area contributed by atoms with Crippen molar-refractivity contribution in [2.24, 2.45) is 0 Å². The van der Waals surface area contributed by atoms with Crippen LogP contribution in [0.15, 0.2) is 30.3 Å². The number of ketones is 1. The van der Waals surface area contributed by atoms with E-state index < -0.39 is 26.2 Å². The van der Waals surface area contributed by atoms with Gasteiger partial charge in [-0.05, 0) is 53.2 Å². The number of pyridine rings is 1. The lowest BCUT2D eigenvalue weighted by molar-refractivity contribution is -0.143. The van der Waals surface area contributed by atoms with E-state index in [-0.39, 0.29) is 35.5 Å². The lowest BCUT2D eigenvalue weighted by Crippen LogP contribution is -2.40. The molecule has 2 aromatic rings. The molecular formula is C32H46FNO5Si. The molecule has 220 valence electrons. The summed E-state index contributed by atoms with van der Waals surface area (Å²) in [5.41, 5.74) is 5.19. The lowest BCUT2D eigenvalue weighted by atomic mass is 9.87. The molecule has 1 atom stereocenters. The Morgan fingerprint density at radius 3 is 2.12 bits per heavy atom. The van der Waals surface area contributed by atoms with E-state index in [4.69, 9.17) is 9.41 Å². The highest BCUT2D eigenvalue weighted by molar-refractivity contribution is 6.74. The van der Waals surface area contributed by atoms with Crippen LogP contribution in [-0.2, 0) is 25.4 Å². The van der Waals surface area contributed by atoms with Crippen molar-refractivity contribution in [3.8, 4) is 11.1 Å². The molecule has 6 nitrogen and oxygen atoms in total. The first-order valence-corrected chi connectivity index (χ1v) is 16.8. The van der Waals surface area contributed by atoms with Crippen LogP contribution in [0.5, 0.6) is 0 Å². The number of aliphatic hydroxyl groups excluding tert-OH is 1. The summed E-state index contributed by atoms with van der Waals surface area (Å²) in [5.74, 6) is -1.23. The van der Waals surface area contributed by atoms with Crippen molar-refractivity contribution in [2.45, 2.75) is 104 Å². The van der Waals surface area contributed by atoms with Crippen LogP contribution in [0.3, 0.4) is 0 Å². The zero-order valence-electron chi connectivity index (χ0n) is 25.7. The molecule has 0 amide bonds. The number of carbonyl (C=O) groups excluding carboxylic acids is 2. The first-order valence-electron chi connectivity index (χ1n) is 13.9. The van der Waals surface area contributed by atoms with Crippen LogP contribution in [0.1, 0.15) is 95.7 Å². The Balaban J connectivity index is 2.75. The normalized spacial score (nSPS) is 13.3. The van der Waals surface area contributed by atoms with Gasteiger partial charge in [0.1, 0.15) is 18.0 Å². The van der Waals surface area contributed by atoms with Gasteiger partial charge in [-0.25, -0.2) is 4.39 Å². The minimum absolute atomic E-state index is 0.00983. The fraction of sp³-hybridized carbons (Fsp3) is 0.531. The number of hydrogen-bond acceptors (Lipinski definition) is 6. The second-order valence-electron chi connectivity index (χ2n) is 12.4. The number of hydrogen-bond donors (Lipinski definition) is 1. The van der Waals surface area contributed by atoms with Gasteiger partial charge in [-0.15, -0.1) is 0 Å². The van der Waals surface area contributed by atoms with Crippen LogP contribution in [0.4, 0.5) is 4.39 Å². The number of Topliss-reactive ketones (excluding diaryl/α,β-unsaturated/α-hetero) is 1. The smallest absolute Gasteiger partial charge is 0.313 e. The number of halogens is 1. The van der Waals surface area contributed by atoms with E-state index >= 15 is 0 Å². The fourth-order valence-electron chi connectivity index (χ4n) is 4.14. The quantitative estimate of drug-likeness (QED) is 0.161. The van der Waals surface area contributed by atoms with Crippen molar-refractivity contribution in [3.05, 3.63) is 58.7 Å². The molecule has 1 aromatic heterocycles. The summed E-state index contributed by atoms with van der Waals surface area (Å²) in [7, 11) is -0.905. The van der Waals surface area contributed by atoms with Crippen molar-refractivity contribution in [2.75, 3.05) is 7.11 Å². The van der Waals surface area contributed by atoms with Gasteiger partial charge in [0.05, 0.1) is 25.5 Å². The van der Waals surface area contributed by atoms with E-state index in [0.29, 0.717) is 6.61 Å². The minimum atomic E-state index is -2.12. The predicted octanol–water partition coefficient (Wildman–Crippen LogP) is 7.55. The van der Waals surface area contributed by atoms with Gasteiger partial charge in [-0.3, -0.25) is 14.6 Å². The second kappa shape index (κ2) is 13.8. The van der Waals surface area contributed by atoms with Crippen LogP contribution in [-0.4, -0.2) is 43.4 Å². The van der Waals surface area contributed by atoms with Crippen LogP contribution in [0, 0.1) is 5.82 Å². The van der Waals surface area contributed by atoms with E-state index in [0.717, 1.165) is 33.6 Å². The Hall–Kier alpha value is -2.68. The number of benzene rings is 1. The Bertz CT molecular complexity index is 1210. The third kappa shape index (κ3) is 8.66. The van der Waals surface area contributed by atoms with Gasteiger partial charge >= 0.3 is 5.97 Å². The summed E-state index contributed by atoms with van der Waals surface area (Å²) in [6, 6.07) is 6.38. The topological polar surface area (TPSA) is 85.7 Å². The van der Waals surface area contributed by atoms with Gasteiger partial charge < -0.3 is 14.3 Å². The van der Waals surface area contributed by atoms with Gasteiger partial charge in [0.2, 0.25) is 0 Å². The van der Waals surface area contributed by atoms with Crippen molar-refractivity contribution in [1.29, 1.82) is 0 Å². The van der Waals surface area contributed by atoms with Gasteiger partial charge in [0, 0.05) is 23.2 Å². The molecule has 1 unspecified atom stereocenters. The Morgan fingerprint density at radius 1 is 1.05 bits per heavy atom. The molecule has 0 saturated carbocycles. The number of methoxy groups -OCH3 is 1. The molecule has 2 rings (SSSR count). The predicted molar refractivity (Wildman–Crippen MR) is 161 cm³/mol. The number of aliphatic hydroxyl groups is 1. The Labute approximate surface area is 240 Å². The van der Waals surface area contributed by atoms with Crippen LogP contribution in [0.2, 0.25) is 18.1 Å². The highest BCUT2D eigenvalue weighted by atomic mass is 28.4. The maximum absolute atomic E-state index is 14.0. The molecule has 0 bridgehead atoms. The van der Waals surface area contributed by atoms with E-state index in [1.165, 1.54) is 19.2 Å². The maximum atomic E-state index is 14.0. The van der Waals surface area contributed by atoms with Gasteiger partial charge in [0.25, 0.3) is 0 Å². The van der Waals surface area contributed by atoms with E-state index in [9.17, 15) is 19.1 Å². The minimum Gasteiger partial charge on any atom is -0.469 e. The first-order chi connectivity index (χ1) is 18.5. The number of nitrogens with zero attached hydrogens (tertiary/aromatic N) is 1. The molecule has 1 N–H and O–H groups in total. The molecule has 1 aromatic carbocycles. The van der Waals surface area contributed by atoms with Crippen molar-refractivity contribution in [1.82, 2.24) is 4.98 Å². The molecule has 0 fully saturated rings. The van der Waals surface area contributed by atoms with Crippen molar-refractivity contribution < 1.29 is 28.2 Å². The van der Waals surface area contributed by atoms with E-state index in [1.807, 2.05) is 0 Å². The molecule has 0 spiro atoms. The summed E-state index contributed by atoms with van der Waals surface area (Å²) in [6.45, 7) is 19.7.